The summed E-state index contributed by atoms with van der Waals surface area (Å²) in [5, 5.41) is 2.84. The summed E-state index contributed by atoms with van der Waals surface area (Å²) in [5.41, 5.74) is 1.69. The van der Waals surface area contributed by atoms with Gasteiger partial charge in [-0.3, -0.25) is 9.00 Å². The molecule has 1 aromatic rings. The van der Waals surface area contributed by atoms with Crippen LogP contribution in [0, 0.1) is 12.8 Å². The summed E-state index contributed by atoms with van der Waals surface area (Å²) >= 11 is 0. The summed E-state index contributed by atoms with van der Waals surface area (Å²) in [4.78, 5) is 12.4. The van der Waals surface area contributed by atoms with E-state index < -0.39 is 10.8 Å². The minimum atomic E-state index is -1.08. The third-order valence-electron chi connectivity index (χ3n) is 2.58. The summed E-state index contributed by atoms with van der Waals surface area (Å²) in [6.45, 7) is 3.71. The van der Waals surface area contributed by atoms with Crippen molar-refractivity contribution in [2.75, 3.05) is 11.1 Å². The summed E-state index contributed by atoms with van der Waals surface area (Å²) in [5.74, 6) is 0.163. The minimum absolute atomic E-state index is 0.0450. The molecule has 15 heavy (non-hydrogen) atoms. The molecule has 4 heteroatoms. The maximum absolute atomic E-state index is 11.9. The summed E-state index contributed by atoms with van der Waals surface area (Å²) in [7, 11) is -1.08. The Kier molecular flexibility index (Phi) is 2.61. The first-order valence-electron chi connectivity index (χ1n) is 4.88. The molecule has 2 rings (SSSR count). The molecule has 1 aromatic carbocycles. The molecule has 1 heterocycles. The van der Waals surface area contributed by atoms with E-state index in [4.69, 9.17) is 0 Å². The fourth-order valence-electron chi connectivity index (χ4n) is 1.63. The molecule has 0 spiro atoms. The first-order chi connectivity index (χ1) is 7.09. The van der Waals surface area contributed by atoms with Gasteiger partial charge in [0.05, 0.1) is 21.4 Å². The quantitative estimate of drug-likeness (QED) is 0.727. The van der Waals surface area contributed by atoms with E-state index in [2.05, 4.69) is 5.32 Å². The molecule has 80 valence electrons. The van der Waals surface area contributed by atoms with Crippen molar-refractivity contribution < 1.29 is 9.00 Å². The van der Waals surface area contributed by atoms with Crippen LogP contribution in [0.25, 0.3) is 0 Å². The maximum Gasteiger partial charge on any atom is 0.228 e. The van der Waals surface area contributed by atoms with E-state index in [0.29, 0.717) is 5.75 Å². The normalized spacial score (nSPS) is 25.3. The Bertz CT molecular complexity index is 442. The molecule has 0 saturated heterocycles. The van der Waals surface area contributed by atoms with E-state index in [-0.39, 0.29) is 11.8 Å². The van der Waals surface area contributed by atoms with Gasteiger partial charge in [-0.25, -0.2) is 0 Å². The average Bonchev–Trinajstić information content (AvgIpc) is 2.29. The van der Waals surface area contributed by atoms with Gasteiger partial charge in [-0.15, -0.1) is 0 Å². The van der Waals surface area contributed by atoms with Crippen molar-refractivity contribution in [3.8, 4) is 0 Å². The van der Waals surface area contributed by atoms with Crippen LogP contribution in [-0.4, -0.2) is 15.9 Å². The topological polar surface area (TPSA) is 46.2 Å². The maximum atomic E-state index is 11.9. The molecule has 1 amide bonds. The van der Waals surface area contributed by atoms with Crippen LogP contribution < -0.4 is 5.32 Å². The van der Waals surface area contributed by atoms with Crippen LogP contribution in [0.2, 0.25) is 0 Å². The lowest BCUT2D eigenvalue weighted by Gasteiger charge is -2.08. The van der Waals surface area contributed by atoms with Gasteiger partial charge in [-0.05, 0) is 18.6 Å². The number of hydrogen-bond donors (Lipinski definition) is 1. The highest BCUT2D eigenvalue weighted by molar-refractivity contribution is 7.85. The zero-order valence-corrected chi connectivity index (χ0v) is 9.56. The summed E-state index contributed by atoms with van der Waals surface area (Å²) < 4.78 is 11.9. The third kappa shape index (κ3) is 1.81. The van der Waals surface area contributed by atoms with Crippen LogP contribution in [0.1, 0.15) is 12.5 Å². The Morgan fingerprint density at radius 3 is 2.93 bits per heavy atom. The minimum Gasteiger partial charge on any atom is -0.325 e. The van der Waals surface area contributed by atoms with Crippen LogP contribution in [0.3, 0.4) is 0 Å². The highest BCUT2D eigenvalue weighted by Gasteiger charge is 2.25. The number of amides is 1. The second-order valence-corrected chi connectivity index (χ2v) is 5.31. The first-order valence-corrected chi connectivity index (χ1v) is 6.20. The Morgan fingerprint density at radius 2 is 2.20 bits per heavy atom. The predicted octanol–water partition coefficient (Wildman–Crippen LogP) is 1.69. The van der Waals surface area contributed by atoms with Crippen molar-refractivity contribution in [3.63, 3.8) is 0 Å². The lowest BCUT2D eigenvalue weighted by molar-refractivity contribution is -0.118. The SMILES string of the molecule is Cc1cccc2c1NC(=O)C(C)CS2=O. The fourth-order valence-corrected chi connectivity index (χ4v) is 3.08. The second-order valence-electron chi connectivity index (χ2n) is 3.85. The van der Waals surface area contributed by atoms with Gasteiger partial charge in [0.2, 0.25) is 5.91 Å². The molecule has 0 aliphatic carbocycles. The van der Waals surface area contributed by atoms with Gasteiger partial charge in [0.1, 0.15) is 0 Å². The zero-order chi connectivity index (χ0) is 11.0. The largest absolute Gasteiger partial charge is 0.325 e. The number of carbonyl (C=O) groups is 1. The smallest absolute Gasteiger partial charge is 0.228 e. The van der Waals surface area contributed by atoms with Crippen LogP contribution in [0.4, 0.5) is 5.69 Å². The Morgan fingerprint density at radius 1 is 1.47 bits per heavy atom. The average molecular weight is 223 g/mol. The van der Waals surface area contributed by atoms with Gasteiger partial charge in [-0.1, -0.05) is 19.1 Å². The molecule has 1 aliphatic heterocycles. The Balaban J connectivity index is 2.56. The first kappa shape index (κ1) is 10.4. The monoisotopic (exact) mass is 223 g/mol. The Hall–Kier alpha value is -1.16. The summed E-state index contributed by atoms with van der Waals surface area (Å²) in [6.07, 6.45) is 0. The Labute approximate surface area is 91.3 Å². The second kappa shape index (κ2) is 3.77. The van der Waals surface area contributed by atoms with Gasteiger partial charge in [0.15, 0.2) is 0 Å². The molecular formula is C11H13NO2S. The highest BCUT2D eigenvalue weighted by Crippen LogP contribution is 2.28. The van der Waals surface area contributed by atoms with Gasteiger partial charge in [0, 0.05) is 11.7 Å². The van der Waals surface area contributed by atoms with Crippen molar-refractivity contribution in [3.05, 3.63) is 23.8 Å². The van der Waals surface area contributed by atoms with E-state index in [9.17, 15) is 9.00 Å². The van der Waals surface area contributed by atoms with E-state index >= 15 is 0 Å². The van der Waals surface area contributed by atoms with Crippen molar-refractivity contribution in [2.24, 2.45) is 5.92 Å². The number of rotatable bonds is 0. The predicted molar refractivity (Wildman–Crippen MR) is 60.2 cm³/mol. The number of carbonyl (C=O) groups excluding carboxylic acids is 1. The van der Waals surface area contributed by atoms with Crippen LogP contribution in [-0.2, 0) is 15.6 Å². The molecule has 0 saturated carbocycles. The molecule has 0 bridgehead atoms. The molecule has 1 N–H and O–H groups in total. The highest BCUT2D eigenvalue weighted by atomic mass is 32.2. The molecule has 2 atom stereocenters. The fraction of sp³-hybridized carbons (Fsp3) is 0.364. The van der Waals surface area contributed by atoms with Crippen molar-refractivity contribution >= 4 is 22.4 Å². The standard InChI is InChI=1S/C11H13NO2S/c1-7-4-3-5-9-10(7)12-11(13)8(2)6-15(9)14/h3-5,8H,6H2,1-2H3,(H,12,13). The van der Waals surface area contributed by atoms with E-state index in [1.807, 2.05) is 25.1 Å². The number of hydrogen-bond acceptors (Lipinski definition) is 2. The van der Waals surface area contributed by atoms with Crippen molar-refractivity contribution in [2.45, 2.75) is 18.7 Å². The van der Waals surface area contributed by atoms with Crippen molar-refractivity contribution in [1.29, 1.82) is 0 Å². The van der Waals surface area contributed by atoms with Gasteiger partial charge in [-0.2, -0.15) is 0 Å². The van der Waals surface area contributed by atoms with Gasteiger partial charge >= 0.3 is 0 Å². The van der Waals surface area contributed by atoms with Gasteiger partial charge in [0.25, 0.3) is 0 Å². The van der Waals surface area contributed by atoms with Crippen LogP contribution in [0.5, 0.6) is 0 Å². The third-order valence-corrected chi connectivity index (χ3v) is 4.21. The van der Waals surface area contributed by atoms with Gasteiger partial charge < -0.3 is 5.32 Å². The van der Waals surface area contributed by atoms with Crippen LogP contribution >= 0.6 is 0 Å². The molecule has 1 aliphatic rings. The van der Waals surface area contributed by atoms with E-state index in [1.165, 1.54) is 0 Å². The molecular weight excluding hydrogens is 210 g/mol. The lowest BCUT2D eigenvalue weighted by Crippen LogP contribution is -2.21. The molecule has 0 radical (unpaired) electrons. The molecule has 0 aromatic heterocycles. The number of fused-ring (bicyclic) bond motifs is 1. The number of aryl methyl sites for hydroxylation is 1. The number of anilines is 1. The lowest BCUT2D eigenvalue weighted by atomic mass is 10.1. The zero-order valence-electron chi connectivity index (χ0n) is 8.74. The van der Waals surface area contributed by atoms with E-state index in [0.717, 1.165) is 16.1 Å². The number of para-hydroxylation sites is 1. The molecule has 2 unspecified atom stereocenters. The van der Waals surface area contributed by atoms with Crippen LogP contribution in [0.15, 0.2) is 23.1 Å². The molecule has 3 nitrogen and oxygen atoms in total. The molecule has 0 fully saturated rings. The van der Waals surface area contributed by atoms with Crippen molar-refractivity contribution in [1.82, 2.24) is 0 Å². The summed E-state index contributed by atoms with van der Waals surface area (Å²) in [6, 6.07) is 5.59. The number of benzene rings is 1. The van der Waals surface area contributed by atoms with E-state index in [1.54, 1.807) is 6.92 Å². The number of nitrogens with one attached hydrogen (secondary N) is 1.